The van der Waals surface area contributed by atoms with Crippen molar-refractivity contribution < 1.29 is 14.2 Å². The summed E-state index contributed by atoms with van der Waals surface area (Å²) in [6, 6.07) is 0. The highest BCUT2D eigenvalue weighted by molar-refractivity contribution is 4.51. The van der Waals surface area contributed by atoms with Gasteiger partial charge in [-0.3, -0.25) is 0 Å². The molecule has 92 valence electrons. The molecule has 0 spiro atoms. The Morgan fingerprint density at radius 1 is 1.00 bits per heavy atom. The van der Waals surface area contributed by atoms with Crippen molar-refractivity contribution >= 4 is 0 Å². The monoisotopic (exact) mass is 219 g/mol. The van der Waals surface area contributed by atoms with E-state index in [0.29, 0.717) is 25.9 Å². The van der Waals surface area contributed by atoms with Crippen LogP contribution in [0.25, 0.3) is 0 Å². The summed E-state index contributed by atoms with van der Waals surface area (Å²) in [5.41, 5.74) is 0. The van der Waals surface area contributed by atoms with E-state index in [1.54, 1.807) is 0 Å². The summed E-state index contributed by atoms with van der Waals surface area (Å²) in [6.45, 7) is 11.6. The van der Waals surface area contributed by atoms with Crippen LogP contribution in [0.1, 0.15) is 27.7 Å². The first-order chi connectivity index (χ1) is 7.20. The van der Waals surface area contributed by atoms with E-state index in [2.05, 4.69) is 5.32 Å². The Kier molecular flexibility index (Phi) is 10.3. The SMILES string of the molecule is CCOC(CNCCOC(C)C)OCC. The van der Waals surface area contributed by atoms with Crippen LogP contribution in [0.15, 0.2) is 0 Å². The minimum Gasteiger partial charge on any atom is -0.377 e. The zero-order valence-electron chi connectivity index (χ0n) is 10.4. The Bertz CT molecular complexity index is 125. The van der Waals surface area contributed by atoms with Crippen molar-refractivity contribution in [2.45, 2.75) is 40.1 Å². The Labute approximate surface area is 93.3 Å². The molecule has 0 aromatic rings. The van der Waals surface area contributed by atoms with Crippen molar-refractivity contribution in [2.75, 3.05) is 32.9 Å². The lowest BCUT2D eigenvalue weighted by atomic mass is 10.5. The second kappa shape index (κ2) is 10.4. The second-order valence-corrected chi connectivity index (χ2v) is 3.46. The van der Waals surface area contributed by atoms with Gasteiger partial charge in [0.1, 0.15) is 0 Å². The molecule has 4 heteroatoms. The van der Waals surface area contributed by atoms with Gasteiger partial charge in [-0.05, 0) is 27.7 Å². The maximum absolute atomic E-state index is 5.40. The minimum atomic E-state index is -0.140. The average molecular weight is 219 g/mol. The van der Waals surface area contributed by atoms with E-state index in [-0.39, 0.29) is 6.29 Å². The molecule has 0 fully saturated rings. The Morgan fingerprint density at radius 2 is 1.60 bits per heavy atom. The quantitative estimate of drug-likeness (QED) is 0.445. The Morgan fingerprint density at radius 3 is 2.07 bits per heavy atom. The Hall–Kier alpha value is -0.160. The van der Waals surface area contributed by atoms with E-state index < -0.39 is 0 Å². The molecule has 0 heterocycles. The standard InChI is InChI=1S/C11H25NO3/c1-5-13-11(14-6-2)9-12-7-8-15-10(3)4/h10-12H,5-9H2,1-4H3. The van der Waals surface area contributed by atoms with Crippen LogP contribution in [-0.4, -0.2) is 45.3 Å². The average Bonchev–Trinajstić information content (AvgIpc) is 2.17. The van der Waals surface area contributed by atoms with E-state index in [0.717, 1.165) is 13.2 Å². The summed E-state index contributed by atoms with van der Waals surface area (Å²) in [6.07, 6.45) is 0.153. The second-order valence-electron chi connectivity index (χ2n) is 3.46. The molecule has 0 rings (SSSR count). The third-order valence-corrected chi connectivity index (χ3v) is 1.75. The molecule has 0 unspecified atom stereocenters. The largest absolute Gasteiger partial charge is 0.377 e. The number of hydrogen-bond donors (Lipinski definition) is 1. The molecule has 0 aliphatic carbocycles. The highest BCUT2D eigenvalue weighted by Crippen LogP contribution is 1.93. The van der Waals surface area contributed by atoms with Crippen LogP contribution in [0.5, 0.6) is 0 Å². The molecule has 0 atom stereocenters. The minimum absolute atomic E-state index is 0.140. The number of ether oxygens (including phenoxy) is 3. The molecule has 0 radical (unpaired) electrons. The fourth-order valence-corrected chi connectivity index (χ4v) is 1.12. The molecule has 0 aromatic carbocycles. The van der Waals surface area contributed by atoms with Crippen molar-refractivity contribution in [3.63, 3.8) is 0 Å². The van der Waals surface area contributed by atoms with Gasteiger partial charge in [-0.1, -0.05) is 0 Å². The van der Waals surface area contributed by atoms with Gasteiger partial charge >= 0.3 is 0 Å². The van der Waals surface area contributed by atoms with Crippen LogP contribution in [0.3, 0.4) is 0 Å². The maximum Gasteiger partial charge on any atom is 0.169 e. The zero-order valence-corrected chi connectivity index (χ0v) is 10.4. The molecule has 0 aliphatic heterocycles. The van der Waals surface area contributed by atoms with E-state index in [9.17, 15) is 0 Å². The molecule has 4 nitrogen and oxygen atoms in total. The summed E-state index contributed by atoms with van der Waals surface area (Å²) in [5, 5.41) is 3.24. The molecule has 0 bridgehead atoms. The first-order valence-corrected chi connectivity index (χ1v) is 5.76. The maximum atomic E-state index is 5.40. The van der Waals surface area contributed by atoms with Crippen molar-refractivity contribution in [1.82, 2.24) is 5.32 Å². The van der Waals surface area contributed by atoms with E-state index >= 15 is 0 Å². The molecule has 0 saturated carbocycles. The van der Waals surface area contributed by atoms with Crippen LogP contribution >= 0.6 is 0 Å². The third kappa shape index (κ3) is 10.1. The van der Waals surface area contributed by atoms with Gasteiger partial charge in [0.15, 0.2) is 6.29 Å². The van der Waals surface area contributed by atoms with Crippen LogP contribution < -0.4 is 5.32 Å². The van der Waals surface area contributed by atoms with E-state index in [1.807, 2.05) is 27.7 Å². The highest BCUT2D eigenvalue weighted by Gasteiger charge is 2.06. The third-order valence-electron chi connectivity index (χ3n) is 1.75. The number of hydrogen-bond acceptors (Lipinski definition) is 4. The van der Waals surface area contributed by atoms with Gasteiger partial charge in [0.25, 0.3) is 0 Å². The van der Waals surface area contributed by atoms with Crippen LogP contribution in [0, 0.1) is 0 Å². The molecule has 0 saturated heterocycles. The van der Waals surface area contributed by atoms with Crippen molar-refractivity contribution in [1.29, 1.82) is 0 Å². The van der Waals surface area contributed by atoms with Gasteiger partial charge in [-0.15, -0.1) is 0 Å². The van der Waals surface area contributed by atoms with Crippen LogP contribution in [0.2, 0.25) is 0 Å². The Balaban J connectivity index is 3.36. The first-order valence-electron chi connectivity index (χ1n) is 5.76. The number of nitrogens with one attached hydrogen (secondary N) is 1. The molecule has 0 amide bonds. The van der Waals surface area contributed by atoms with Gasteiger partial charge in [-0.25, -0.2) is 0 Å². The van der Waals surface area contributed by atoms with Gasteiger partial charge < -0.3 is 19.5 Å². The summed E-state index contributed by atoms with van der Waals surface area (Å²) in [4.78, 5) is 0. The molecule has 1 N–H and O–H groups in total. The summed E-state index contributed by atoms with van der Waals surface area (Å²) in [7, 11) is 0. The molecular formula is C11H25NO3. The predicted molar refractivity (Wildman–Crippen MR) is 61.0 cm³/mol. The summed E-state index contributed by atoms with van der Waals surface area (Å²) >= 11 is 0. The van der Waals surface area contributed by atoms with Crippen molar-refractivity contribution in [2.24, 2.45) is 0 Å². The molecule has 0 aliphatic rings. The highest BCUT2D eigenvalue weighted by atomic mass is 16.7. The van der Waals surface area contributed by atoms with Crippen LogP contribution in [-0.2, 0) is 14.2 Å². The molecule has 0 aromatic heterocycles. The van der Waals surface area contributed by atoms with Gasteiger partial charge in [0.05, 0.1) is 12.7 Å². The van der Waals surface area contributed by atoms with Crippen molar-refractivity contribution in [3.8, 4) is 0 Å². The predicted octanol–water partition coefficient (Wildman–Crippen LogP) is 1.40. The van der Waals surface area contributed by atoms with Gasteiger partial charge in [0.2, 0.25) is 0 Å². The smallest absolute Gasteiger partial charge is 0.169 e. The lowest BCUT2D eigenvalue weighted by Crippen LogP contribution is -2.33. The lowest BCUT2D eigenvalue weighted by molar-refractivity contribution is -0.133. The van der Waals surface area contributed by atoms with Gasteiger partial charge in [0, 0.05) is 26.3 Å². The number of rotatable bonds is 10. The zero-order chi connectivity index (χ0) is 11.5. The topological polar surface area (TPSA) is 39.7 Å². The normalized spacial score (nSPS) is 11.6. The van der Waals surface area contributed by atoms with Crippen molar-refractivity contribution in [3.05, 3.63) is 0 Å². The molecular weight excluding hydrogens is 194 g/mol. The fraction of sp³-hybridized carbons (Fsp3) is 1.00. The fourth-order valence-electron chi connectivity index (χ4n) is 1.12. The van der Waals surface area contributed by atoms with Crippen LogP contribution in [0.4, 0.5) is 0 Å². The van der Waals surface area contributed by atoms with Gasteiger partial charge in [-0.2, -0.15) is 0 Å². The van der Waals surface area contributed by atoms with E-state index in [1.165, 1.54) is 0 Å². The molecule has 15 heavy (non-hydrogen) atoms. The summed E-state index contributed by atoms with van der Waals surface area (Å²) in [5.74, 6) is 0. The summed E-state index contributed by atoms with van der Waals surface area (Å²) < 4.78 is 16.2. The lowest BCUT2D eigenvalue weighted by Gasteiger charge is -2.17. The van der Waals surface area contributed by atoms with E-state index in [4.69, 9.17) is 14.2 Å². The first kappa shape index (κ1) is 14.8.